The van der Waals surface area contributed by atoms with Crippen LogP contribution in [0.15, 0.2) is 29.2 Å². The molecule has 1 aromatic carbocycles. The standard InChI is InChI=1S/C12H11FO2S/c1-15-11(14)7-8-5-6-16-12-9(8)3-2-4-10(12)13/h2-4,7H,5-6H2,1H3/b8-7+. The smallest absolute Gasteiger partial charge is 0.330 e. The van der Waals surface area contributed by atoms with Gasteiger partial charge in [-0.2, -0.15) is 0 Å². The molecule has 4 heteroatoms. The minimum atomic E-state index is -0.392. The highest BCUT2D eigenvalue weighted by Gasteiger charge is 2.18. The zero-order valence-electron chi connectivity index (χ0n) is 8.83. The number of thioether (sulfide) groups is 1. The van der Waals surface area contributed by atoms with Crippen molar-refractivity contribution in [3.8, 4) is 0 Å². The first-order chi connectivity index (χ1) is 7.72. The van der Waals surface area contributed by atoms with Crippen molar-refractivity contribution in [2.24, 2.45) is 0 Å². The van der Waals surface area contributed by atoms with E-state index in [1.54, 1.807) is 6.07 Å². The molecule has 1 heterocycles. The molecule has 0 spiro atoms. The van der Waals surface area contributed by atoms with Gasteiger partial charge in [-0.25, -0.2) is 9.18 Å². The molecule has 0 aromatic heterocycles. The Morgan fingerprint density at radius 1 is 1.56 bits per heavy atom. The van der Waals surface area contributed by atoms with Crippen LogP contribution in [-0.4, -0.2) is 18.8 Å². The maximum atomic E-state index is 13.5. The van der Waals surface area contributed by atoms with Crippen molar-refractivity contribution in [3.63, 3.8) is 0 Å². The molecular weight excluding hydrogens is 227 g/mol. The summed E-state index contributed by atoms with van der Waals surface area (Å²) in [6.07, 6.45) is 2.20. The van der Waals surface area contributed by atoms with E-state index < -0.39 is 5.97 Å². The highest BCUT2D eigenvalue weighted by Crippen LogP contribution is 2.38. The first-order valence-electron chi connectivity index (χ1n) is 4.92. The third-order valence-electron chi connectivity index (χ3n) is 2.42. The van der Waals surface area contributed by atoms with Crippen LogP contribution in [-0.2, 0) is 9.53 Å². The average molecular weight is 238 g/mol. The Morgan fingerprint density at radius 2 is 2.38 bits per heavy atom. The first kappa shape index (κ1) is 11.2. The van der Waals surface area contributed by atoms with Gasteiger partial charge in [0.15, 0.2) is 0 Å². The van der Waals surface area contributed by atoms with E-state index in [2.05, 4.69) is 4.74 Å². The monoisotopic (exact) mass is 238 g/mol. The number of fused-ring (bicyclic) bond motifs is 1. The third-order valence-corrected chi connectivity index (χ3v) is 3.54. The number of halogens is 1. The fraction of sp³-hybridized carbons (Fsp3) is 0.250. The molecule has 1 aromatic rings. The number of hydrogen-bond donors (Lipinski definition) is 0. The molecule has 0 bridgehead atoms. The van der Waals surface area contributed by atoms with Gasteiger partial charge < -0.3 is 4.74 Å². The maximum absolute atomic E-state index is 13.5. The number of benzene rings is 1. The van der Waals surface area contributed by atoms with E-state index in [0.717, 1.165) is 23.3 Å². The molecule has 0 aliphatic carbocycles. The van der Waals surface area contributed by atoms with E-state index >= 15 is 0 Å². The van der Waals surface area contributed by atoms with Gasteiger partial charge in [-0.3, -0.25) is 0 Å². The van der Waals surface area contributed by atoms with E-state index in [4.69, 9.17) is 0 Å². The van der Waals surface area contributed by atoms with Crippen molar-refractivity contribution < 1.29 is 13.9 Å². The van der Waals surface area contributed by atoms with Gasteiger partial charge in [-0.05, 0) is 23.6 Å². The van der Waals surface area contributed by atoms with Gasteiger partial charge in [0, 0.05) is 11.8 Å². The Hall–Kier alpha value is -1.29. The molecule has 1 aliphatic rings. The van der Waals surface area contributed by atoms with Crippen molar-refractivity contribution in [1.29, 1.82) is 0 Å². The molecule has 1 aliphatic heterocycles. The zero-order chi connectivity index (χ0) is 11.5. The molecule has 0 N–H and O–H groups in total. The third kappa shape index (κ3) is 2.11. The zero-order valence-corrected chi connectivity index (χ0v) is 9.64. The number of hydrogen-bond acceptors (Lipinski definition) is 3. The average Bonchev–Trinajstić information content (AvgIpc) is 2.30. The summed E-state index contributed by atoms with van der Waals surface area (Å²) in [6.45, 7) is 0. The van der Waals surface area contributed by atoms with Crippen molar-refractivity contribution in [1.82, 2.24) is 0 Å². The number of carbonyl (C=O) groups excluding carboxylic acids is 1. The van der Waals surface area contributed by atoms with Crippen molar-refractivity contribution in [3.05, 3.63) is 35.7 Å². The highest BCUT2D eigenvalue weighted by atomic mass is 32.2. The quantitative estimate of drug-likeness (QED) is 0.556. The molecule has 0 unspecified atom stereocenters. The fourth-order valence-electron chi connectivity index (χ4n) is 1.66. The SMILES string of the molecule is COC(=O)/C=C1\CCSc2c(F)cccc21. The Balaban J connectivity index is 2.44. The summed E-state index contributed by atoms with van der Waals surface area (Å²) >= 11 is 1.49. The maximum Gasteiger partial charge on any atom is 0.330 e. The van der Waals surface area contributed by atoms with Gasteiger partial charge >= 0.3 is 5.97 Å². The fourth-order valence-corrected chi connectivity index (χ4v) is 2.74. The number of rotatable bonds is 1. The summed E-state index contributed by atoms with van der Waals surface area (Å²) in [4.78, 5) is 11.8. The normalized spacial score (nSPS) is 17.0. The van der Waals surface area contributed by atoms with E-state index in [9.17, 15) is 9.18 Å². The summed E-state index contributed by atoms with van der Waals surface area (Å²) in [5.41, 5.74) is 1.65. The van der Waals surface area contributed by atoms with E-state index in [1.165, 1.54) is 31.0 Å². The minimum absolute atomic E-state index is 0.224. The van der Waals surface area contributed by atoms with Crippen LogP contribution >= 0.6 is 11.8 Å². The topological polar surface area (TPSA) is 26.3 Å². The van der Waals surface area contributed by atoms with Gasteiger partial charge in [-0.1, -0.05) is 12.1 Å². The van der Waals surface area contributed by atoms with Crippen molar-refractivity contribution in [2.75, 3.05) is 12.9 Å². The van der Waals surface area contributed by atoms with Gasteiger partial charge in [0.2, 0.25) is 0 Å². The molecule has 0 radical (unpaired) electrons. The predicted molar refractivity (Wildman–Crippen MR) is 61.7 cm³/mol. The van der Waals surface area contributed by atoms with Crippen molar-refractivity contribution >= 4 is 23.3 Å². The molecule has 0 fully saturated rings. The number of carbonyl (C=O) groups is 1. The molecule has 0 saturated heterocycles. The summed E-state index contributed by atoms with van der Waals surface area (Å²) in [5, 5.41) is 0. The number of esters is 1. The second-order valence-corrected chi connectivity index (χ2v) is 4.51. The Labute approximate surface area is 97.5 Å². The summed E-state index contributed by atoms with van der Waals surface area (Å²) in [5.74, 6) is 0.173. The number of methoxy groups -OCH3 is 1. The molecule has 2 nitrogen and oxygen atoms in total. The molecule has 0 atom stereocenters. The van der Waals surface area contributed by atoms with Crippen LogP contribution in [0.1, 0.15) is 12.0 Å². The lowest BCUT2D eigenvalue weighted by Gasteiger charge is -2.18. The van der Waals surface area contributed by atoms with Crippen LogP contribution in [0.5, 0.6) is 0 Å². The molecule has 2 rings (SSSR count). The number of allylic oxidation sites excluding steroid dienone is 1. The largest absolute Gasteiger partial charge is 0.466 e. The number of ether oxygens (including phenoxy) is 1. The van der Waals surface area contributed by atoms with Gasteiger partial charge in [0.25, 0.3) is 0 Å². The summed E-state index contributed by atoms with van der Waals surface area (Å²) in [6, 6.07) is 4.93. The Bertz CT molecular complexity index is 454. The Kier molecular flexibility index (Phi) is 3.29. The molecule has 16 heavy (non-hydrogen) atoms. The van der Waals surface area contributed by atoms with Crippen LogP contribution in [0.4, 0.5) is 4.39 Å². The lowest BCUT2D eigenvalue weighted by Crippen LogP contribution is -2.03. The summed E-state index contributed by atoms with van der Waals surface area (Å²) in [7, 11) is 1.34. The predicted octanol–water partition coefficient (Wildman–Crippen LogP) is 2.88. The second-order valence-electron chi connectivity index (χ2n) is 3.41. The van der Waals surface area contributed by atoms with E-state index in [1.807, 2.05) is 6.07 Å². The van der Waals surface area contributed by atoms with Gasteiger partial charge in [-0.15, -0.1) is 11.8 Å². The van der Waals surface area contributed by atoms with E-state index in [-0.39, 0.29) is 5.82 Å². The molecule has 84 valence electrons. The molecular formula is C12H11FO2S. The van der Waals surface area contributed by atoms with Gasteiger partial charge in [0.1, 0.15) is 5.82 Å². The van der Waals surface area contributed by atoms with Crippen molar-refractivity contribution in [2.45, 2.75) is 11.3 Å². The summed E-state index contributed by atoms with van der Waals surface area (Å²) < 4.78 is 18.1. The van der Waals surface area contributed by atoms with Crippen LogP contribution in [0.25, 0.3) is 5.57 Å². The highest BCUT2D eigenvalue weighted by molar-refractivity contribution is 7.99. The van der Waals surface area contributed by atoms with Crippen LogP contribution in [0.3, 0.4) is 0 Å². The van der Waals surface area contributed by atoms with E-state index in [0.29, 0.717) is 4.90 Å². The molecule has 0 saturated carbocycles. The minimum Gasteiger partial charge on any atom is -0.466 e. The first-order valence-corrected chi connectivity index (χ1v) is 5.91. The van der Waals surface area contributed by atoms with Crippen LogP contribution < -0.4 is 0 Å². The van der Waals surface area contributed by atoms with Gasteiger partial charge in [0.05, 0.1) is 12.0 Å². The van der Waals surface area contributed by atoms with Crippen LogP contribution in [0, 0.1) is 5.82 Å². The molecule has 0 amide bonds. The van der Waals surface area contributed by atoms with Crippen LogP contribution in [0.2, 0.25) is 0 Å². The Morgan fingerprint density at radius 3 is 3.12 bits per heavy atom. The lowest BCUT2D eigenvalue weighted by molar-refractivity contribution is -0.134. The second kappa shape index (κ2) is 4.70. The lowest BCUT2D eigenvalue weighted by atomic mass is 10.0.